The normalized spacial score (nSPS) is 22.3. The number of hydrogen-bond donors (Lipinski definition) is 0. The summed E-state index contributed by atoms with van der Waals surface area (Å²) in [4.78, 5) is 12.2. The summed E-state index contributed by atoms with van der Waals surface area (Å²) >= 11 is 3.59. The van der Waals surface area contributed by atoms with Gasteiger partial charge in [-0.1, -0.05) is 11.6 Å². The number of carbonyl (C=O) groups excluding carboxylic acids is 1. The molecule has 0 saturated heterocycles. The average molecular weight is 378 g/mol. The zero-order valence-electron chi connectivity index (χ0n) is 13.0. The van der Waals surface area contributed by atoms with Crippen LogP contribution in [0, 0.1) is 5.92 Å². The quantitative estimate of drug-likeness (QED) is 0.758. The van der Waals surface area contributed by atoms with Gasteiger partial charge in [0.15, 0.2) is 11.9 Å². The number of aromatic nitrogens is 3. The van der Waals surface area contributed by atoms with Crippen molar-refractivity contribution in [3.8, 4) is 5.75 Å². The molecule has 0 radical (unpaired) electrons. The number of carbonyl (C=O) groups is 1. The van der Waals surface area contributed by atoms with Crippen molar-refractivity contribution in [2.24, 2.45) is 5.92 Å². The Morgan fingerprint density at radius 3 is 2.91 bits per heavy atom. The Hall–Kier alpha value is -1.43. The van der Waals surface area contributed by atoms with Crippen LogP contribution in [0.2, 0.25) is 0 Å². The molecular formula is C17H20BrN3O2. The van der Waals surface area contributed by atoms with Gasteiger partial charge in [-0.3, -0.25) is 4.79 Å². The molecule has 2 aromatic rings. The molecule has 2 saturated carbocycles. The zero-order chi connectivity index (χ0) is 15.8. The highest BCUT2D eigenvalue weighted by molar-refractivity contribution is 9.10. The minimum atomic E-state index is -0.326. The van der Waals surface area contributed by atoms with E-state index >= 15 is 0 Å². The predicted octanol–water partition coefficient (Wildman–Crippen LogP) is 3.88. The van der Waals surface area contributed by atoms with Gasteiger partial charge < -0.3 is 4.74 Å². The number of Topliss-reactive ketones (excluding diaryl/α,β-unsaturated/α-hetero) is 1. The molecule has 0 bridgehead atoms. The third kappa shape index (κ3) is 3.13. The Morgan fingerprint density at radius 2 is 2.09 bits per heavy atom. The van der Waals surface area contributed by atoms with Gasteiger partial charge in [0.05, 0.1) is 9.99 Å². The molecular weight excluding hydrogens is 358 g/mol. The molecule has 1 heterocycles. The molecule has 6 heteroatoms. The number of ketones is 1. The van der Waals surface area contributed by atoms with Crippen LogP contribution < -0.4 is 4.74 Å². The molecule has 0 amide bonds. The minimum Gasteiger partial charge on any atom is -0.481 e. The topological polar surface area (TPSA) is 57.0 Å². The van der Waals surface area contributed by atoms with Crippen LogP contribution in [0.3, 0.4) is 0 Å². The van der Waals surface area contributed by atoms with Crippen molar-refractivity contribution >= 4 is 32.7 Å². The van der Waals surface area contributed by atoms with Crippen LogP contribution in [-0.4, -0.2) is 26.9 Å². The van der Waals surface area contributed by atoms with Crippen molar-refractivity contribution in [3.05, 3.63) is 16.6 Å². The Balaban J connectivity index is 1.60. The Labute approximate surface area is 143 Å². The predicted molar refractivity (Wildman–Crippen MR) is 90.5 cm³/mol. The highest BCUT2D eigenvalue weighted by atomic mass is 79.9. The van der Waals surface area contributed by atoms with E-state index in [0.29, 0.717) is 12.2 Å². The number of fused-ring (bicyclic) bond motifs is 1. The first kappa shape index (κ1) is 15.1. The van der Waals surface area contributed by atoms with Crippen molar-refractivity contribution in [2.45, 2.75) is 57.6 Å². The van der Waals surface area contributed by atoms with Crippen molar-refractivity contribution in [1.82, 2.24) is 15.0 Å². The zero-order valence-corrected chi connectivity index (χ0v) is 14.6. The third-order valence-corrected chi connectivity index (χ3v) is 5.50. The molecule has 1 aromatic heterocycles. The molecule has 1 aromatic carbocycles. The SMILES string of the molecule is O=C1CCCCCC1Oc1ccc2c(nnn2CC2CC2)c1Br. The Morgan fingerprint density at radius 1 is 1.22 bits per heavy atom. The van der Waals surface area contributed by atoms with Crippen LogP contribution in [0.4, 0.5) is 0 Å². The molecule has 2 aliphatic carbocycles. The summed E-state index contributed by atoms with van der Waals surface area (Å²) in [6.07, 6.45) is 6.82. The second-order valence-electron chi connectivity index (χ2n) is 6.63. The summed E-state index contributed by atoms with van der Waals surface area (Å²) in [6.45, 7) is 0.935. The van der Waals surface area contributed by atoms with E-state index < -0.39 is 0 Å². The van der Waals surface area contributed by atoms with E-state index in [1.54, 1.807) is 0 Å². The van der Waals surface area contributed by atoms with Gasteiger partial charge in [-0.25, -0.2) is 4.68 Å². The lowest BCUT2D eigenvalue weighted by atomic mass is 10.1. The van der Waals surface area contributed by atoms with Gasteiger partial charge in [-0.05, 0) is 66.1 Å². The van der Waals surface area contributed by atoms with E-state index in [0.717, 1.165) is 53.7 Å². The number of ether oxygens (including phenoxy) is 1. The van der Waals surface area contributed by atoms with Crippen molar-refractivity contribution in [2.75, 3.05) is 0 Å². The second kappa shape index (κ2) is 6.23. The number of hydrogen-bond acceptors (Lipinski definition) is 4. The lowest BCUT2D eigenvalue weighted by Gasteiger charge is -2.17. The van der Waals surface area contributed by atoms with Crippen LogP contribution >= 0.6 is 15.9 Å². The molecule has 4 rings (SSSR count). The number of rotatable bonds is 4. The van der Waals surface area contributed by atoms with Crippen molar-refractivity contribution in [3.63, 3.8) is 0 Å². The van der Waals surface area contributed by atoms with Gasteiger partial charge in [0, 0.05) is 13.0 Å². The largest absolute Gasteiger partial charge is 0.481 e. The number of benzene rings is 1. The van der Waals surface area contributed by atoms with Gasteiger partial charge >= 0.3 is 0 Å². The standard InChI is InChI=1S/C17H20BrN3O2/c18-16-15(23-14-5-3-1-2-4-13(14)22)9-8-12-17(16)19-20-21(12)10-11-6-7-11/h8-9,11,14H,1-7,10H2. The fraction of sp³-hybridized carbons (Fsp3) is 0.588. The molecule has 23 heavy (non-hydrogen) atoms. The Kier molecular flexibility index (Phi) is 4.09. The van der Waals surface area contributed by atoms with Crippen molar-refractivity contribution in [1.29, 1.82) is 0 Å². The van der Waals surface area contributed by atoms with Gasteiger partial charge in [-0.2, -0.15) is 0 Å². The van der Waals surface area contributed by atoms with E-state index in [-0.39, 0.29) is 11.9 Å². The van der Waals surface area contributed by atoms with E-state index in [1.165, 1.54) is 12.8 Å². The van der Waals surface area contributed by atoms with Gasteiger partial charge in [-0.15, -0.1) is 5.10 Å². The monoisotopic (exact) mass is 377 g/mol. The maximum atomic E-state index is 12.2. The van der Waals surface area contributed by atoms with Crippen LogP contribution in [-0.2, 0) is 11.3 Å². The summed E-state index contributed by atoms with van der Waals surface area (Å²) in [7, 11) is 0. The van der Waals surface area contributed by atoms with E-state index in [4.69, 9.17) is 4.74 Å². The van der Waals surface area contributed by atoms with Crippen LogP contribution in [0.1, 0.15) is 44.9 Å². The van der Waals surface area contributed by atoms with Gasteiger partial charge in [0.1, 0.15) is 11.3 Å². The number of halogens is 1. The lowest BCUT2D eigenvalue weighted by molar-refractivity contribution is -0.125. The summed E-state index contributed by atoms with van der Waals surface area (Å²) in [5.41, 5.74) is 1.83. The smallest absolute Gasteiger partial charge is 0.173 e. The van der Waals surface area contributed by atoms with E-state index in [1.807, 2.05) is 16.8 Å². The number of nitrogens with zero attached hydrogens (tertiary/aromatic N) is 3. The third-order valence-electron chi connectivity index (χ3n) is 4.74. The summed E-state index contributed by atoms with van der Waals surface area (Å²) in [5.74, 6) is 1.65. The molecule has 1 atom stereocenters. The highest BCUT2D eigenvalue weighted by Crippen LogP contribution is 2.35. The first-order chi connectivity index (χ1) is 11.2. The van der Waals surface area contributed by atoms with Crippen LogP contribution in [0.5, 0.6) is 5.75 Å². The van der Waals surface area contributed by atoms with Crippen molar-refractivity contribution < 1.29 is 9.53 Å². The lowest BCUT2D eigenvalue weighted by Crippen LogP contribution is -2.26. The molecule has 5 nitrogen and oxygen atoms in total. The molecule has 1 unspecified atom stereocenters. The second-order valence-corrected chi connectivity index (χ2v) is 7.43. The van der Waals surface area contributed by atoms with Crippen LogP contribution in [0.15, 0.2) is 16.6 Å². The fourth-order valence-corrected chi connectivity index (χ4v) is 3.67. The summed E-state index contributed by atoms with van der Waals surface area (Å²) in [5, 5.41) is 8.56. The van der Waals surface area contributed by atoms with E-state index in [9.17, 15) is 4.79 Å². The van der Waals surface area contributed by atoms with Gasteiger partial charge in [0.2, 0.25) is 0 Å². The summed E-state index contributed by atoms with van der Waals surface area (Å²) < 4.78 is 8.79. The first-order valence-electron chi connectivity index (χ1n) is 8.43. The minimum absolute atomic E-state index is 0.215. The average Bonchev–Trinajstić information content (AvgIpc) is 3.29. The maximum absolute atomic E-state index is 12.2. The molecule has 2 fully saturated rings. The Bertz CT molecular complexity index is 739. The highest BCUT2D eigenvalue weighted by Gasteiger charge is 2.26. The molecule has 2 aliphatic rings. The molecule has 0 spiro atoms. The van der Waals surface area contributed by atoms with E-state index in [2.05, 4.69) is 26.2 Å². The first-order valence-corrected chi connectivity index (χ1v) is 9.23. The molecule has 122 valence electrons. The summed E-state index contributed by atoms with van der Waals surface area (Å²) in [6, 6.07) is 3.93. The van der Waals surface area contributed by atoms with Gasteiger partial charge in [0.25, 0.3) is 0 Å². The maximum Gasteiger partial charge on any atom is 0.173 e. The fourth-order valence-electron chi connectivity index (χ4n) is 3.16. The molecule has 0 aliphatic heterocycles. The molecule has 0 N–H and O–H groups in total. The van der Waals surface area contributed by atoms with Crippen LogP contribution in [0.25, 0.3) is 11.0 Å².